The van der Waals surface area contributed by atoms with Crippen molar-refractivity contribution in [3.05, 3.63) is 33.8 Å². The summed E-state index contributed by atoms with van der Waals surface area (Å²) < 4.78 is 22.8. The molecule has 0 aromatic heterocycles. The molecule has 0 radical (unpaired) electrons. The number of hydrogen-bond donors (Lipinski definition) is 1. The van der Waals surface area contributed by atoms with Crippen LogP contribution in [0.15, 0.2) is 18.2 Å². The Labute approximate surface area is 98.6 Å². The van der Waals surface area contributed by atoms with E-state index in [0.717, 1.165) is 0 Å². The molecule has 1 rings (SSSR count). The normalized spacial score (nSPS) is 11.7. The number of halogens is 2. The minimum atomic E-state index is -3.32. The molecule has 0 amide bonds. The Bertz CT molecular complexity index is 443. The van der Waals surface area contributed by atoms with Crippen LogP contribution in [0, 0.1) is 0 Å². The van der Waals surface area contributed by atoms with Crippen LogP contribution in [0.25, 0.3) is 0 Å². The molecule has 1 N–H and O–H groups in total. The highest BCUT2D eigenvalue weighted by Gasteiger charge is 2.13. The molecule has 0 unspecified atom stereocenters. The van der Waals surface area contributed by atoms with Gasteiger partial charge in [-0.3, -0.25) is 0 Å². The first kappa shape index (κ1) is 12.8. The second-order valence-corrected chi connectivity index (χ2v) is 6.08. The van der Waals surface area contributed by atoms with Crippen LogP contribution in [0.1, 0.15) is 5.56 Å². The van der Waals surface area contributed by atoms with Gasteiger partial charge in [0.15, 0.2) is 9.84 Å². The van der Waals surface area contributed by atoms with Gasteiger partial charge < -0.3 is 5.11 Å². The SMILES string of the molecule is O=S(=O)(CCO)Cc1cc(Cl)ccc1Cl. The van der Waals surface area contributed by atoms with E-state index >= 15 is 0 Å². The van der Waals surface area contributed by atoms with Crippen LogP contribution >= 0.6 is 23.2 Å². The quantitative estimate of drug-likeness (QED) is 0.908. The van der Waals surface area contributed by atoms with Gasteiger partial charge in [-0.25, -0.2) is 8.42 Å². The van der Waals surface area contributed by atoms with Crippen molar-refractivity contribution in [2.45, 2.75) is 5.75 Å². The van der Waals surface area contributed by atoms with Gasteiger partial charge in [-0.2, -0.15) is 0 Å². The van der Waals surface area contributed by atoms with Gasteiger partial charge in [-0.1, -0.05) is 23.2 Å². The molecule has 0 saturated carbocycles. The van der Waals surface area contributed by atoms with Gasteiger partial charge in [0.25, 0.3) is 0 Å². The molecular formula is C9H10Cl2O3S. The van der Waals surface area contributed by atoms with E-state index in [1.807, 2.05) is 0 Å². The molecule has 0 saturated heterocycles. The smallest absolute Gasteiger partial charge is 0.156 e. The Hall–Kier alpha value is -0.290. The highest BCUT2D eigenvalue weighted by molar-refractivity contribution is 7.90. The molecule has 0 spiro atoms. The monoisotopic (exact) mass is 268 g/mol. The van der Waals surface area contributed by atoms with Crippen molar-refractivity contribution in [1.29, 1.82) is 0 Å². The predicted octanol–water partition coefficient (Wildman–Crippen LogP) is 1.90. The Morgan fingerprint density at radius 1 is 1.27 bits per heavy atom. The Morgan fingerprint density at radius 3 is 2.53 bits per heavy atom. The van der Waals surface area contributed by atoms with Gasteiger partial charge in [0.2, 0.25) is 0 Å². The zero-order chi connectivity index (χ0) is 11.5. The van der Waals surface area contributed by atoms with Gasteiger partial charge in [-0.05, 0) is 23.8 Å². The van der Waals surface area contributed by atoms with Crippen LogP contribution in [0.2, 0.25) is 10.0 Å². The van der Waals surface area contributed by atoms with Crippen LogP contribution in [0.3, 0.4) is 0 Å². The second kappa shape index (κ2) is 5.16. The topological polar surface area (TPSA) is 54.4 Å². The summed E-state index contributed by atoms with van der Waals surface area (Å²) in [4.78, 5) is 0. The molecule has 1 aromatic rings. The van der Waals surface area contributed by atoms with Gasteiger partial charge in [0, 0.05) is 10.0 Å². The molecule has 0 aliphatic heterocycles. The Kier molecular flexibility index (Phi) is 4.40. The van der Waals surface area contributed by atoms with Crippen LogP contribution < -0.4 is 0 Å². The molecular weight excluding hydrogens is 259 g/mol. The third-order valence-electron chi connectivity index (χ3n) is 1.79. The number of aliphatic hydroxyl groups is 1. The maximum atomic E-state index is 11.4. The first-order valence-corrected chi connectivity index (χ1v) is 6.77. The third-order valence-corrected chi connectivity index (χ3v) is 3.94. The number of rotatable bonds is 4. The lowest BCUT2D eigenvalue weighted by molar-refractivity contribution is 0.319. The van der Waals surface area contributed by atoms with E-state index < -0.39 is 9.84 Å². The average molecular weight is 269 g/mol. The minimum absolute atomic E-state index is 0.201. The summed E-state index contributed by atoms with van der Waals surface area (Å²) in [7, 11) is -3.32. The van der Waals surface area contributed by atoms with Gasteiger partial charge in [0.1, 0.15) is 0 Å². The molecule has 0 atom stereocenters. The lowest BCUT2D eigenvalue weighted by Crippen LogP contribution is -2.12. The highest BCUT2D eigenvalue weighted by atomic mass is 35.5. The van der Waals surface area contributed by atoms with E-state index in [2.05, 4.69) is 0 Å². The van der Waals surface area contributed by atoms with Crippen molar-refractivity contribution < 1.29 is 13.5 Å². The first-order valence-electron chi connectivity index (χ1n) is 4.20. The number of hydrogen-bond acceptors (Lipinski definition) is 3. The van der Waals surface area contributed by atoms with Crippen LogP contribution in [0.4, 0.5) is 0 Å². The van der Waals surface area contributed by atoms with Crippen molar-refractivity contribution >= 4 is 33.0 Å². The van der Waals surface area contributed by atoms with Crippen LogP contribution in [-0.2, 0) is 15.6 Å². The van der Waals surface area contributed by atoms with Crippen LogP contribution in [0.5, 0.6) is 0 Å². The summed E-state index contributed by atoms with van der Waals surface area (Å²) in [5, 5.41) is 9.37. The molecule has 3 nitrogen and oxygen atoms in total. The van der Waals surface area contributed by atoms with Gasteiger partial charge >= 0.3 is 0 Å². The zero-order valence-corrected chi connectivity index (χ0v) is 10.1. The van der Waals surface area contributed by atoms with Crippen molar-refractivity contribution in [1.82, 2.24) is 0 Å². The summed E-state index contributed by atoms with van der Waals surface area (Å²) >= 11 is 11.5. The Balaban J connectivity index is 2.94. The summed E-state index contributed by atoms with van der Waals surface area (Å²) in [6, 6.07) is 4.65. The lowest BCUT2D eigenvalue weighted by atomic mass is 10.2. The number of aliphatic hydroxyl groups excluding tert-OH is 1. The van der Waals surface area contributed by atoms with E-state index in [1.54, 1.807) is 12.1 Å². The third kappa shape index (κ3) is 3.99. The van der Waals surface area contributed by atoms with Crippen molar-refractivity contribution in [3.63, 3.8) is 0 Å². The average Bonchev–Trinajstić information content (AvgIpc) is 2.10. The van der Waals surface area contributed by atoms with Crippen molar-refractivity contribution in [2.24, 2.45) is 0 Å². The molecule has 0 fully saturated rings. The van der Waals surface area contributed by atoms with Crippen molar-refractivity contribution in [3.8, 4) is 0 Å². The predicted molar refractivity (Wildman–Crippen MR) is 61.0 cm³/mol. The maximum absolute atomic E-state index is 11.4. The van der Waals surface area contributed by atoms with E-state index in [1.165, 1.54) is 6.07 Å². The van der Waals surface area contributed by atoms with E-state index in [0.29, 0.717) is 15.6 Å². The van der Waals surface area contributed by atoms with E-state index in [4.69, 9.17) is 28.3 Å². The Morgan fingerprint density at radius 2 is 1.93 bits per heavy atom. The van der Waals surface area contributed by atoms with Gasteiger partial charge in [0.05, 0.1) is 18.1 Å². The summed E-state index contributed by atoms with van der Waals surface area (Å²) in [6.07, 6.45) is 0. The molecule has 0 aliphatic rings. The van der Waals surface area contributed by atoms with E-state index in [9.17, 15) is 8.42 Å². The summed E-state index contributed by atoms with van der Waals surface area (Å²) in [6.45, 7) is -0.388. The number of sulfone groups is 1. The molecule has 84 valence electrons. The minimum Gasteiger partial charge on any atom is -0.395 e. The molecule has 0 heterocycles. The molecule has 1 aromatic carbocycles. The fraction of sp³-hybridized carbons (Fsp3) is 0.333. The molecule has 0 bridgehead atoms. The summed E-state index contributed by atoms with van der Waals surface area (Å²) in [5.41, 5.74) is 0.456. The van der Waals surface area contributed by atoms with Crippen LogP contribution in [-0.4, -0.2) is 25.9 Å². The summed E-state index contributed by atoms with van der Waals surface area (Å²) in [5.74, 6) is -0.469. The fourth-order valence-corrected chi connectivity index (χ4v) is 2.70. The standard InChI is InChI=1S/C9H10Cl2O3S/c10-8-1-2-9(11)7(5-8)6-15(13,14)4-3-12/h1-2,5,12H,3-4,6H2. The molecule has 15 heavy (non-hydrogen) atoms. The first-order chi connectivity index (χ1) is 6.94. The zero-order valence-electron chi connectivity index (χ0n) is 7.78. The highest BCUT2D eigenvalue weighted by Crippen LogP contribution is 2.22. The number of benzene rings is 1. The molecule has 0 aliphatic carbocycles. The lowest BCUT2D eigenvalue weighted by Gasteiger charge is -2.05. The maximum Gasteiger partial charge on any atom is 0.156 e. The second-order valence-electron chi connectivity index (χ2n) is 3.05. The van der Waals surface area contributed by atoms with Crippen molar-refractivity contribution in [2.75, 3.05) is 12.4 Å². The largest absolute Gasteiger partial charge is 0.395 e. The van der Waals surface area contributed by atoms with E-state index in [-0.39, 0.29) is 18.1 Å². The molecule has 6 heteroatoms. The van der Waals surface area contributed by atoms with Gasteiger partial charge in [-0.15, -0.1) is 0 Å². The fourth-order valence-electron chi connectivity index (χ4n) is 1.10.